The lowest BCUT2D eigenvalue weighted by Crippen LogP contribution is -2.41. The molecule has 2 amide bonds. The lowest BCUT2D eigenvalue weighted by atomic mass is 10.1. The third-order valence-corrected chi connectivity index (χ3v) is 4.78. The Morgan fingerprint density at radius 2 is 1.54 bits per heavy atom. The van der Waals surface area contributed by atoms with E-state index >= 15 is 0 Å². The summed E-state index contributed by atoms with van der Waals surface area (Å²) in [6.07, 6.45) is 1.66. The molecule has 138 valence electrons. The van der Waals surface area contributed by atoms with Crippen molar-refractivity contribution in [1.29, 1.82) is 0 Å². The number of hydrogen-bond donors (Lipinski definition) is 2. The summed E-state index contributed by atoms with van der Waals surface area (Å²) in [6.45, 7) is 0. The number of hydrogen-bond acceptors (Lipinski definition) is 4. The molecule has 4 aromatic rings. The first-order chi connectivity index (χ1) is 13.7. The van der Waals surface area contributed by atoms with Crippen molar-refractivity contribution < 1.29 is 9.59 Å². The fourth-order valence-electron chi connectivity index (χ4n) is 2.71. The van der Waals surface area contributed by atoms with Crippen molar-refractivity contribution in [2.24, 2.45) is 0 Å². The van der Waals surface area contributed by atoms with Crippen LogP contribution in [0.25, 0.3) is 16.9 Å². The molecule has 28 heavy (non-hydrogen) atoms. The molecule has 2 heterocycles. The van der Waals surface area contributed by atoms with E-state index in [0.29, 0.717) is 16.8 Å². The summed E-state index contributed by atoms with van der Waals surface area (Å²) in [6, 6.07) is 20.7. The molecule has 0 saturated carbocycles. The van der Waals surface area contributed by atoms with Gasteiger partial charge in [0.15, 0.2) is 0 Å². The number of carbonyl (C=O) groups excluding carboxylic acids is 2. The molecule has 0 fully saturated rings. The Morgan fingerprint density at radius 1 is 0.857 bits per heavy atom. The van der Waals surface area contributed by atoms with E-state index in [-0.39, 0.29) is 5.91 Å². The van der Waals surface area contributed by atoms with Gasteiger partial charge in [0.2, 0.25) is 0 Å². The van der Waals surface area contributed by atoms with Crippen molar-refractivity contribution in [1.82, 2.24) is 20.6 Å². The van der Waals surface area contributed by atoms with Crippen LogP contribution in [0.5, 0.6) is 0 Å². The van der Waals surface area contributed by atoms with Gasteiger partial charge in [0.05, 0.1) is 16.8 Å². The Kier molecular flexibility index (Phi) is 4.99. The van der Waals surface area contributed by atoms with Crippen molar-refractivity contribution >= 4 is 23.2 Å². The molecule has 6 nitrogen and oxygen atoms in total. The van der Waals surface area contributed by atoms with Crippen LogP contribution in [0.4, 0.5) is 0 Å². The van der Waals surface area contributed by atoms with Crippen LogP contribution in [0.1, 0.15) is 20.7 Å². The normalized spacial score (nSPS) is 10.4. The van der Waals surface area contributed by atoms with Crippen LogP contribution >= 0.6 is 11.3 Å². The van der Waals surface area contributed by atoms with Crippen LogP contribution in [-0.2, 0) is 0 Å². The van der Waals surface area contributed by atoms with Crippen molar-refractivity contribution in [3.05, 3.63) is 94.8 Å². The number of hydrazine groups is 1. The van der Waals surface area contributed by atoms with Gasteiger partial charge >= 0.3 is 0 Å². The molecule has 0 atom stereocenters. The predicted molar refractivity (Wildman–Crippen MR) is 108 cm³/mol. The smallest absolute Gasteiger partial charge is 0.267 e. The van der Waals surface area contributed by atoms with E-state index in [0.717, 1.165) is 11.3 Å². The third kappa shape index (κ3) is 3.70. The molecular weight excluding hydrogens is 372 g/mol. The molecule has 0 aliphatic heterocycles. The first-order valence-electron chi connectivity index (χ1n) is 8.56. The fraction of sp³-hybridized carbons (Fsp3) is 0. The first-order valence-corrected chi connectivity index (χ1v) is 9.50. The number of carbonyl (C=O) groups is 2. The molecule has 2 aromatic carbocycles. The van der Waals surface area contributed by atoms with E-state index in [1.807, 2.05) is 60.7 Å². The highest BCUT2D eigenvalue weighted by atomic mass is 32.1. The summed E-state index contributed by atoms with van der Waals surface area (Å²) in [5, 5.41) is 8.11. The molecule has 0 aliphatic carbocycles. The van der Waals surface area contributed by atoms with Crippen LogP contribution in [0.3, 0.4) is 0 Å². The Labute approximate surface area is 165 Å². The summed E-state index contributed by atoms with van der Waals surface area (Å²) in [4.78, 5) is 24.9. The molecule has 2 aromatic heterocycles. The average molecular weight is 388 g/mol. The summed E-state index contributed by atoms with van der Waals surface area (Å²) in [5.74, 6) is -0.809. The number of benzene rings is 2. The zero-order valence-corrected chi connectivity index (χ0v) is 15.5. The molecule has 0 aliphatic rings. The highest BCUT2D eigenvalue weighted by Gasteiger charge is 2.19. The van der Waals surface area contributed by atoms with Crippen LogP contribution in [-0.4, -0.2) is 21.6 Å². The second-order valence-electron chi connectivity index (χ2n) is 5.96. The van der Waals surface area contributed by atoms with E-state index in [2.05, 4.69) is 16.0 Å². The van der Waals surface area contributed by atoms with Crippen LogP contribution < -0.4 is 10.9 Å². The van der Waals surface area contributed by atoms with Gasteiger partial charge in [-0.05, 0) is 23.6 Å². The molecule has 2 N–H and O–H groups in total. The number of para-hydroxylation sites is 1. The van der Waals surface area contributed by atoms with Crippen LogP contribution in [0.15, 0.2) is 83.7 Å². The number of nitrogens with one attached hydrogen (secondary N) is 2. The van der Waals surface area contributed by atoms with Crippen molar-refractivity contribution in [2.75, 3.05) is 0 Å². The van der Waals surface area contributed by atoms with Gasteiger partial charge in [0.25, 0.3) is 11.8 Å². The molecule has 7 heteroatoms. The maximum absolute atomic E-state index is 12.8. The van der Waals surface area contributed by atoms with Gasteiger partial charge in [-0.25, -0.2) is 4.68 Å². The minimum absolute atomic E-state index is 0.362. The molecule has 4 rings (SSSR count). The maximum atomic E-state index is 12.8. The molecule has 0 unspecified atom stereocenters. The van der Waals surface area contributed by atoms with Gasteiger partial charge in [-0.1, -0.05) is 48.5 Å². The third-order valence-electron chi connectivity index (χ3n) is 4.10. The van der Waals surface area contributed by atoms with E-state index in [9.17, 15) is 9.59 Å². The Hall–Kier alpha value is -3.71. The fourth-order valence-corrected chi connectivity index (χ4v) is 3.34. The second-order valence-corrected chi connectivity index (χ2v) is 6.74. The van der Waals surface area contributed by atoms with Crippen LogP contribution in [0, 0.1) is 0 Å². The van der Waals surface area contributed by atoms with Gasteiger partial charge in [0.1, 0.15) is 5.69 Å². The highest BCUT2D eigenvalue weighted by molar-refractivity contribution is 7.08. The highest BCUT2D eigenvalue weighted by Crippen LogP contribution is 2.23. The maximum Gasteiger partial charge on any atom is 0.273 e. The predicted octanol–water partition coefficient (Wildman–Crippen LogP) is 3.68. The Morgan fingerprint density at radius 3 is 2.21 bits per heavy atom. The second kappa shape index (κ2) is 7.89. The average Bonchev–Trinajstić information content (AvgIpc) is 3.43. The number of amides is 2. The van der Waals surface area contributed by atoms with Gasteiger partial charge in [0, 0.05) is 17.1 Å². The van der Waals surface area contributed by atoms with Crippen molar-refractivity contribution in [3.8, 4) is 16.9 Å². The van der Waals surface area contributed by atoms with Crippen LogP contribution in [0.2, 0.25) is 0 Å². The van der Waals surface area contributed by atoms with E-state index in [4.69, 9.17) is 0 Å². The number of thiophene rings is 1. The largest absolute Gasteiger partial charge is 0.273 e. The SMILES string of the molecule is O=C(NNC(=O)c1cn(-c2ccccc2)nc1-c1ccccc1)c1ccsc1. The molecule has 0 saturated heterocycles. The topological polar surface area (TPSA) is 76.0 Å². The zero-order valence-electron chi connectivity index (χ0n) is 14.7. The molecule has 0 spiro atoms. The minimum Gasteiger partial charge on any atom is -0.267 e. The number of nitrogens with zero attached hydrogens (tertiary/aromatic N) is 2. The summed E-state index contributed by atoms with van der Waals surface area (Å²) in [5.41, 5.74) is 7.95. The molecule has 0 bridgehead atoms. The quantitative estimate of drug-likeness (QED) is 0.524. The summed E-state index contributed by atoms with van der Waals surface area (Å²) < 4.78 is 1.65. The van der Waals surface area contributed by atoms with E-state index in [1.165, 1.54) is 11.3 Å². The zero-order chi connectivity index (χ0) is 19.3. The summed E-state index contributed by atoms with van der Waals surface area (Å²) >= 11 is 1.41. The standard InChI is InChI=1S/C21H16N4O2S/c26-20(16-11-12-28-14-16)22-23-21(27)18-13-25(17-9-5-2-6-10-17)24-19(18)15-7-3-1-4-8-15/h1-14H,(H,22,26)(H,23,27). The summed E-state index contributed by atoms with van der Waals surface area (Å²) in [7, 11) is 0. The minimum atomic E-state index is -0.440. The van der Waals surface area contributed by atoms with Crippen molar-refractivity contribution in [2.45, 2.75) is 0 Å². The van der Waals surface area contributed by atoms with Gasteiger partial charge in [-0.15, -0.1) is 0 Å². The van der Waals surface area contributed by atoms with E-state index < -0.39 is 5.91 Å². The monoisotopic (exact) mass is 388 g/mol. The van der Waals surface area contributed by atoms with Crippen molar-refractivity contribution in [3.63, 3.8) is 0 Å². The van der Waals surface area contributed by atoms with Gasteiger partial charge in [-0.2, -0.15) is 16.4 Å². The Bertz CT molecular complexity index is 1090. The molecular formula is C21H16N4O2S. The lowest BCUT2D eigenvalue weighted by Gasteiger charge is -2.06. The number of rotatable bonds is 4. The lowest BCUT2D eigenvalue weighted by molar-refractivity contribution is 0.0847. The Balaban J connectivity index is 1.63. The number of aromatic nitrogens is 2. The van der Waals surface area contributed by atoms with E-state index in [1.54, 1.807) is 27.7 Å². The van der Waals surface area contributed by atoms with Gasteiger partial charge < -0.3 is 0 Å². The first kappa shape index (κ1) is 17.7. The van der Waals surface area contributed by atoms with Gasteiger partial charge in [-0.3, -0.25) is 20.4 Å². The molecule has 0 radical (unpaired) electrons.